The van der Waals surface area contributed by atoms with Gasteiger partial charge in [0.15, 0.2) is 0 Å². The van der Waals surface area contributed by atoms with E-state index in [1.807, 2.05) is 13.8 Å². The van der Waals surface area contributed by atoms with Gasteiger partial charge in [-0.1, -0.05) is 13.8 Å². The lowest BCUT2D eigenvalue weighted by molar-refractivity contribution is -0.0665. The van der Waals surface area contributed by atoms with Crippen LogP contribution < -0.4 is 0 Å². The summed E-state index contributed by atoms with van der Waals surface area (Å²) in [4.78, 5) is 0. The Morgan fingerprint density at radius 1 is 0.632 bits per heavy atom. The molecule has 0 heterocycles. The van der Waals surface area contributed by atoms with Gasteiger partial charge in [-0.05, 0) is 55.8 Å². The molecule has 0 radical (unpaired) electrons. The molecule has 4 N–H and O–H groups in total. The molecule has 0 aromatic rings. The van der Waals surface area contributed by atoms with E-state index in [9.17, 15) is 20.4 Å². The van der Waals surface area contributed by atoms with Gasteiger partial charge in [-0.25, -0.2) is 0 Å². The van der Waals surface area contributed by atoms with Gasteiger partial charge in [-0.15, -0.1) is 0 Å². The highest BCUT2D eigenvalue weighted by Gasteiger charge is 2.38. The van der Waals surface area contributed by atoms with Gasteiger partial charge in [0, 0.05) is 0 Å². The predicted molar refractivity (Wildman–Crippen MR) is 72.4 cm³/mol. The molecule has 2 fully saturated rings. The second-order valence-corrected chi connectivity index (χ2v) is 6.92. The van der Waals surface area contributed by atoms with Gasteiger partial charge in [-0.3, -0.25) is 0 Å². The summed E-state index contributed by atoms with van der Waals surface area (Å²) in [6.45, 7) is 4.04. The van der Waals surface area contributed by atoms with E-state index < -0.39 is 24.4 Å². The molecule has 0 aromatic heterocycles. The molecule has 0 aromatic carbocycles. The van der Waals surface area contributed by atoms with Gasteiger partial charge in [0.25, 0.3) is 0 Å². The van der Waals surface area contributed by atoms with Crippen molar-refractivity contribution in [1.82, 2.24) is 0 Å². The van der Waals surface area contributed by atoms with E-state index >= 15 is 0 Å². The lowest BCUT2D eigenvalue weighted by atomic mass is 9.69. The minimum absolute atomic E-state index is 0.167. The minimum Gasteiger partial charge on any atom is -0.393 e. The van der Waals surface area contributed by atoms with Crippen molar-refractivity contribution in [3.63, 3.8) is 0 Å². The van der Waals surface area contributed by atoms with E-state index in [0.29, 0.717) is 12.8 Å². The third kappa shape index (κ3) is 3.48. The van der Waals surface area contributed by atoms with Crippen LogP contribution in [-0.2, 0) is 0 Å². The zero-order chi connectivity index (χ0) is 14.2. The Labute approximate surface area is 115 Å². The van der Waals surface area contributed by atoms with E-state index in [-0.39, 0.29) is 23.7 Å². The Hall–Kier alpha value is -0.160. The number of aliphatic hydroxyl groups is 4. The van der Waals surface area contributed by atoms with Crippen molar-refractivity contribution < 1.29 is 20.4 Å². The molecule has 8 unspecified atom stereocenters. The van der Waals surface area contributed by atoms with Crippen molar-refractivity contribution in [3.8, 4) is 0 Å². The maximum absolute atomic E-state index is 10.1. The Balaban J connectivity index is 1.93. The average molecular weight is 272 g/mol. The van der Waals surface area contributed by atoms with Crippen LogP contribution in [0.5, 0.6) is 0 Å². The van der Waals surface area contributed by atoms with Gasteiger partial charge in [0.1, 0.15) is 0 Å². The molecule has 0 spiro atoms. The third-order valence-electron chi connectivity index (χ3n) is 5.32. The Kier molecular flexibility index (Phi) is 4.88. The molecule has 4 nitrogen and oxygen atoms in total. The van der Waals surface area contributed by atoms with Crippen LogP contribution in [-0.4, -0.2) is 44.8 Å². The standard InChI is InChI=1S/C15H28O4/c1-8-3-10(14(18)6-12(8)16)5-11-4-9(2)13(17)7-15(11)19/h8-19H,3-7H2,1-2H3. The van der Waals surface area contributed by atoms with Crippen molar-refractivity contribution >= 4 is 0 Å². The maximum Gasteiger partial charge on any atom is 0.0593 e. The summed E-state index contributed by atoms with van der Waals surface area (Å²) in [6, 6.07) is 0. The summed E-state index contributed by atoms with van der Waals surface area (Å²) in [5, 5.41) is 39.7. The van der Waals surface area contributed by atoms with Gasteiger partial charge < -0.3 is 20.4 Å². The number of hydrogen-bond acceptors (Lipinski definition) is 4. The molecule has 0 amide bonds. The highest BCUT2D eigenvalue weighted by atomic mass is 16.3. The fraction of sp³-hybridized carbons (Fsp3) is 1.00. The van der Waals surface area contributed by atoms with Crippen LogP contribution in [0.1, 0.15) is 46.0 Å². The summed E-state index contributed by atoms with van der Waals surface area (Å²) in [5.74, 6) is 0.773. The van der Waals surface area contributed by atoms with Crippen molar-refractivity contribution in [2.24, 2.45) is 23.7 Å². The van der Waals surface area contributed by atoms with Crippen LogP contribution in [0.2, 0.25) is 0 Å². The summed E-state index contributed by atoms with van der Waals surface area (Å²) >= 11 is 0. The third-order valence-corrected chi connectivity index (χ3v) is 5.32. The SMILES string of the molecule is CC1CC(CC2CC(C)C(O)CC2O)C(O)CC1O. The highest BCUT2D eigenvalue weighted by Crippen LogP contribution is 2.39. The Morgan fingerprint density at radius 2 is 1.00 bits per heavy atom. The Morgan fingerprint density at radius 3 is 1.37 bits per heavy atom. The second-order valence-electron chi connectivity index (χ2n) is 6.92. The number of hydrogen-bond donors (Lipinski definition) is 4. The van der Waals surface area contributed by atoms with Crippen molar-refractivity contribution in [2.45, 2.75) is 70.4 Å². The fourth-order valence-electron chi connectivity index (χ4n) is 3.82. The molecule has 0 saturated heterocycles. The fourth-order valence-corrected chi connectivity index (χ4v) is 3.82. The van der Waals surface area contributed by atoms with Crippen LogP contribution in [0.25, 0.3) is 0 Å². The molecule has 2 aliphatic rings. The van der Waals surface area contributed by atoms with Gasteiger partial charge in [0.05, 0.1) is 24.4 Å². The smallest absolute Gasteiger partial charge is 0.0593 e. The van der Waals surface area contributed by atoms with Gasteiger partial charge in [0.2, 0.25) is 0 Å². The topological polar surface area (TPSA) is 80.9 Å². The summed E-state index contributed by atoms with van der Waals surface area (Å²) in [6.07, 6.45) is 1.63. The van der Waals surface area contributed by atoms with Crippen molar-refractivity contribution in [1.29, 1.82) is 0 Å². The molecule has 2 saturated carbocycles. The quantitative estimate of drug-likeness (QED) is 0.602. The first-order chi connectivity index (χ1) is 8.88. The molecule has 112 valence electrons. The van der Waals surface area contributed by atoms with E-state index in [2.05, 4.69) is 0 Å². The molecule has 0 bridgehead atoms. The number of aliphatic hydroxyl groups excluding tert-OH is 4. The lowest BCUT2D eigenvalue weighted by Crippen LogP contribution is -2.42. The maximum atomic E-state index is 10.1. The van der Waals surface area contributed by atoms with Crippen LogP contribution in [0.4, 0.5) is 0 Å². The van der Waals surface area contributed by atoms with Crippen molar-refractivity contribution in [3.05, 3.63) is 0 Å². The molecule has 19 heavy (non-hydrogen) atoms. The molecule has 4 heteroatoms. The zero-order valence-electron chi connectivity index (χ0n) is 11.9. The van der Waals surface area contributed by atoms with Crippen molar-refractivity contribution in [2.75, 3.05) is 0 Å². The predicted octanol–water partition coefficient (Wildman–Crippen LogP) is 0.912. The Bertz CT molecular complexity index is 268. The summed E-state index contributed by atoms with van der Waals surface area (Å²) in [5.41, 5.74) is 0. The van der Waals surface area contributed by atoms with E-state index in [1.165, 1.54) is 0 Å². The monoisotopic (exact) mass is 272 g/mol. The van der Waals surface area contributed by atoms with E-state index in [0.717, 1.165) is 19.3 Å². The van der Waals surface area contributed by atoms with E-state index in [4.69, 9.17) is 0 Å². The molecule has 2 rings (SSSR count). The molecular weight excluding hydrogens is 244 g/mol. The molecule has 2 aliphatic carbocycles. The molecular formula is C15H28O4. The van der Waals surface area contributed by atoms with Gasteiger partial charge in [-0.2, -0.15) is 0 Å². The summed E-state index contributed by atoms with van der Waals surface area (Å²) in [7, 11) is 0. The van der Waals surface area contributed by atoms with E-state index in [1.54, 1.807) is 0 Å². The average Bonchev–Trinajstić information content (AvgIpc) is 2.32. The second kappa shape index (κ2) is 6.08. The zero-order valence-corrected chi connectivity index (χ0v) is 11.9. The highest BCUT2D eigenvalue weighted by molar-refractivity contribution is 4.89. The first kappa shape index (κ1) is 15.2. The summed E-state index contributed by atoms with van der Waals surface area (Å²) < 4.78 is 0. The van der Waals surface area contributed by atoms with Crippen LogP contribution >= 0.6 is 0 Å². The van der Waals surface area contributed by atoms with Gasteiger partial charge >= 0.3 is 0 Å². The lowest BCUT2D eigenvalue weighted by Gasteiger charge is -2.41. The van der Waals surface area contributed by atoms with Crippen LogP contribution in [0, 0.1) is 23.7 Å². The van der Waals surface area contributed by atoms with Crippen LogP contribution in [0.3, 0.4) is 0 Å². The van der Waals surface area contributed by atoms with Crippen LogP contribution in [0.15, 0.2) is 0 Å². The molecule has 8 atom stereocenters. The molecule has 0 aliphatic heterocycles. The number of rotatable bonds is 2. The normalized spacial score (nSPS) is 52.1. The first-order valence-corrected chi connectivity index (χ1v) is 7.60. The first-order valence-electron chi connectivity index (χ1n) is 7.60. The minimum atomic E-state index is -0.458. The largest absolute Gasteiger partial charge is 0.393 e.